The molecule has 0 atom stereocenters. The van der Waals surface area contributed by atoms with E-state index in [1.165, 1.54) is 0 Å². The van der Waals surface area contributed by atoms with E-state index < -0.39 is 0 Å². The number of hydrogen-bond acceptors (Lipinski definition) is 3. The molecule has 0 saturated carbocycles. The second-order valence-electron chi connectivity index (χ2n) is 3.94. The van der Waals surface area contributed by atoms with Gasteiger partial charge in [0.25, 0.3) is 0 Å². The number of ether oxygens (including phenoxy) is 1. The van der Waals surface area contributed by atoms with Crippen molar-refractivity contribution in [2.24, 2.45) is 0 Å². The molecule has 0 radical (unpaired) electrons. The van der Waals surface area contributed by atoms with Crippen LogP contribution in [0, 0.1) is 11.3 Å². The minimum atomic E-state index is -0.104. The molecule has 0 amide bonds. The maximum atomic E-state index is 8.97. The summed E-state index contributed by atoms with van der Waals surface area (Å²) in [7, 11) is 1.73. The van der Waals surface area contributed by atoms with Gasteiger partial charge in [-0.15, -0.1) is 0 Å². The van der Waals surface area contributed by atoms with Crippen molar-refractivity contribution in [1.82, 2.24) is 5.32 Å². The number of nitrogens with one attached hydrogen (secondary N) is 1. The van der Waals surface area contributed by atoms with E-state index in [2.05, 4.69) is 11.4 Å². The molecule has 1 aromatic rings. The molecule has 15 heavy (non-hydrogen) atoms. The second-order valence-corrected chi connectivity index (χ2v) is 3.94. The molecule has 1 N–H and O–H groups in total. The van der Waals surface area contributed by atoms with Gasteiger partial charge in [0.2, 0.25) is 0 Å². The zero-order chi connectivity index (χ0) is 10.7. The number of hydrogen-bond donors (Lipinski definition) is 1. The summed E-state index contributed by atoms with van der Waals surface area (Å²) in [5.41, 5.74) is 1.72. The van der Waals surface area contributed by atoms with Crippen LogP contribution in [0.2, 0.25) is 0 Å². The summed E-state index contributed by atoms with van der Waals surface area (Å²) in [6.07, 6.45) is 0.806. The van der Waals surface area contributed by atoms with Gasteiger partial charge in [0.1, 0.15) is 0 Å². The van der Waals surface area contributed by atoms with Crippen molar-refractivity contribution in [1.29, 1.82) is 5.26 Å². The summed E-state index contributed by atoms with van der Waals surface area (Å²) in [5.74, 6) is 0. The van der Waals surface area contributed by atoms with Crippen LogP contribution in [0.4, 0.5) is 0 Å². The van der Waals surface area contributed by atoms with Crippen LogP contribution in [-0.4, -0.2) is 25.8 Å². The average molecular weight is 202 g/mol. The molecular weight excluding hydrogens is 188 g/mol. The summed E-state index contributed by atoms with van der Waals surface area (Å²) in [5, 5.41) is 12.2. The SMILES string of the molecule is COC1(Cc2ccccc2C#N)CNC1. The Balaban J connectivity index is 2.20. The van der Waals surface area contributed by atoms with Gasteiger partial charge >= 0.3 is 0 Å². The fourth-order valence-corrected chi connectivity index (χ4v) is 1.88. The minimum Gasteiger partial charge on any atom is -0.375 e. The van der Waals surface area contributed by atoms with Crippen molar-refractivity contribution < 1.29 is 4.74 Å². The van der Waals surface area contributed by atoms with Gasteiger partial charge < -0.3 is 10.1 Å². The van der Waals surface area contributed by atoms with Gasteiger partial charge in [-0.3, -0.25) is 0 Å². The van der Waals surface area contributed by atoms with Crippen LogP contribution in [0.1, 0.15) is 11.1 Å². The smallest absolute Gasteiger partial charge is 0.0994 e. The highest BCUT2D eigenvalue weighted by atomic mass is 16.5. The Morgan fingerprint density at radius 3 is 2.73 bits per heavy atom. The quantitative estimate of drug-likeness (QED) is 0.798. The van der Waals surface area contributed by atoms with Gasteiger partial charge in [0.15, 0.2) is 0 Å². The van der Waals surface area contributed by atoms with Crippen molar-refractivity contribution in [2.75, 3.05) is 20.2 Å². The Labute approximate surface area is 89.7 Å². The van der Waals surface area contributed by atoms with Gasteiger partial charge in [0, 0.05) is 26.6 Å². The molecule has 1 heterocycles. The topological polar surface area (TPSA) is 45.0 Å². The summed E-state index contributed by atoms with van der Waals surface area (Å²) >= 11 is 0. The number of nitrogens with zero attached hydrogens (tertiary/aromatic N) is 1. The molecule has 78 valence electrons. The third-order valence-corrected chi connectivity index (χ3v) is 2.98. The molecule has 1 saturated heterocycles. The Kier molecular flexibility index (Phi) is 2.72. The lowest BCUT2D eigenvalue weighted by Crippen LogP contribution is -2.61. The van der Waals surface area contributed by atoms with Crippen molar-refractivity contribution >= 4 is 0 Å². The van der Waals surface area contributed by atoms with Crippen LogP contribution in [0.15, 0.2) is 24.3 Å². The summed E-state index contributed by atoms with van der Waals surface area (Å²) in [4.78, 5) is 0. The van der Waals surface area contributed by atoms with Crippen LogP contribution in [0.25, 0.3) is 0 Å². The molecule has 1 aromatic carbocycles. The normalized spacial score (nSPS) is 17.9. The molecule has 0 unspecified atom stereocenters. The predicted molar refractivity (Wildman–Crippen MR) is 57.5 cm³/mol. The lowest BCUT2D eigenvalue weighted by molar-refractivity contribution is -0.0502. The largest absolute Gasteiger partial charge is 0.375 e. The molecule has 1 aliphatic rings. The van der Waals surface area contributed by atoms with E-state index >= 15 is 0 Å². The highest BCUT2D eigenvalue weighted by molar-refractivity contribution is 5.38. The molecule has 3 nitrogen and oxygen atoms in total. The van der Waals surface area contributed by atoms with E-state index in [0.717, 1.165) is 30.6 Å². The van der Waals surface area contributed by atoms with Crippen molar-refractivity contribution in [2.45, 2.75) is 12.0 Å². The Morgan fingerprint density at radius 1 is 1.47 bits per heavy atom. The first-order valence-electron chi connectivity index (χ1n) is 5.03. The lowest BCUT2D eigenvalue weighted by atomic mass is 9.87. The monoisotopic (exact) mass is 202 g/mol. The lowest BCUT2D eigenvalue weighted by Gasteiger charge is -2.41. The summed E-state index contributed by atoms with van der Waals surface area (Å²) < 4.78 is 5.51. The molecule has 3 heteroatoms. The third-order valence-electron chi connectivity index (χ3n) is 2.98. The number of methoxy groups -OCH3 is 1. The van der Waals surface area contributed by atoms with E-state index in [1.54, 1.807) is 7.11 Å². The first kappa shape index (κ1) is 10.2. The van der Waals surface area contributed by atoms with Crippen molar-refractivity contribution in [3.8, 4) is 6.07 Å². The molecule has 0 aromatic heterocycles. The Morgan fingerprint density at radius 2 is 2.20 bits per heavy atom. The molecule has 2 rings (SSSR count). The molecule has 0 bridgehead atoms. The highest BCUT2D eigenvalue weighted by Crippen LogP contribution is 2.23. The molecule has 1 fully saturated rings. The molecule has 1 aliphatic heterocycles. The Bertz CT molecular complexity index is 385. The molecule has 0 aliphatic carbocycles. The van der Waals surface area contributed by atoms with Crippen LogP contribution >= 0.6 is 0 Å². The van der Waals surface area contributed by atoms with E-state index in [9.17, 15) is 0 Å². The first-order chi connectivity index (χ1) is 7.29. The first-order valence-corrected chi connectivity index (χ1v) is 5.03. The Hall–Kier alpha value is -1.37. The van der Waals surface area contributed by atoms with Crippen LogP contribution in [0.5, 0.6) is 0 Å². The fourth-order valence-electron chi connectivity index (χ4n) is 1.88. The van der Waals surface area contributed by atoms with E-state index in [-0.39, 0.29) is 5.60 Å². The van der Waals surface area contributed by atoms with Crippen LogP contribution in [-0.2, 0) is 11.2 Å². The number of rotatable bonds is 3. The standard InChI is InChI=1S/C12H14N2O/c1-15-12(8-14-9-12)6-10-4-2-3-5-11(10)7-13/h2-5,14H,6,8-9H2,1H3. The zero-order valence-electron chi connectivity index (χ0n) is 8.79. The van der Waals surface area contributed by atoms with Gasteiger partial charge in [-0.2, -0.15) is 5.26 Å². The summed E-state index contributed by atoms with van der Waals surface area (Å²) in [6.45, 7) is 1.73. The molecule has 0 spiro atoms. The van der Waals surface area contributed by atoms with Gasteiger partial charge in [-0.05, 0) is 11.6 Å². The van der Waals surface area contributed by atoms with Crippen molar-refractivity contribution in [3.63, 3.8) is 0 Å². The second kappa shape index (κ2) is 4.01. The van der Waals surface area contributed by atoms with Crippen LogP contribution < -0.4 is 5.32 Å². The maximum absolute atomic E-state index is 8.97. The van der Waals surface area contributed by atoms with Gasteiger partial charge in [-0.1, -0.05) is 18.2 Å². The highest BCUT2D eigenvalue weighted by Gasteiger charge is 2.37. The van der Waals surface area contributed by atoms with Crippen LogP contribution in [0.3, 0.4) is 0 Å². The molecular formula is C12H14N2O. The number of nitriles is 1. The maximum Gasteiger partial charge on any atom is 0.0994 e. The van der Waals surface area contributed by atoms with Gasteiger partial charge in [0.05, 0.1) is 17.2 Å². The number of benzene rings is 1. The third kappa shape index (κ3) is 1.87. The van der Waals surface area contributed by atoms with E-state index in [4.69, 9.17) is 10.00 Å². The van der Waals surface area contributed by atoms with E-state index in [0.29, 0.717) is 0 Å². The van der Waals surface area contributed by atoms with Crippen molar-refractivity contribution in [3.05, 3.63) is 35.4 Å². The predicted octanol–water partition coefficient (Wildman–Crippen LogP) is 1.09. The van der Waals surface area contributed by atoms with Gasteiger partial charge in [-0.25, -0.2) is 0 Å². The fraction of sp³-hybridized carbons (Fsp3) is 0.417. The summed E-state index contributed by atoms with van der Waals surface area (Å²) in [6, 6.07) is 9.92. The average Bonchev–Trinajstić information content (AvgIpc) is 2.24. The van der Waals surface area contributed by atoms with E-state index in [1.807, 2.05) is 24.3 Å². The minimum absolute atomic E-state index is 0.104. The zero-order valence-corrected chi connectivity index (χ0v) is 8.79.